The molecule has 1 saturated carbocycles. The molecule has 0 spiro atoms. The first-order valence-electron chi connectivity index (χ1n) is 5.99. The van der Waals surface area contributed by atoms with Gasteiger partial charge in [0.2, 0.25) is 0 Å². The molecule has 0 saturated heterocycles. The van der Waals surface area contributed by atoms with Gasteiger partial charge in [-0.1, -0.05) is 13.8 Å². The first kappa shape index (κ1) is 11.2. The van der Waals surface area contributed by atoms with Gasteiger partial charge >= 0.3 is 5.97 Å². The molecular weight excluding hydrogens is 204 g/mol. The van der Waals surface area contributed by atoms with Crippen LogP contribution in [0.15, 0.2) is 0 Å². The fourth-order valence-electron chi connectivity index (χ4n) is 2.10. The van der Waals surface area contributed by atoms with Gasteiger partial charge in [0.1, 0.15) is 5.56 Å². The fraction of sp³-hybridized carbons (Fsp3) is 0.667. The summed E-state index contributed by atoms with van der Waals surface area (Å²) < 4.78 is 1.92. The number of carboxylic acid groups (broad SMARTS) is 1. The molecular formula is C12H18N2O2. The lowest BCUT2D eigenvalue weighted by Crippen LogP contribution is -2.08. The van der Waals surface area contributed by atoms with Gasteiger partial charge in [-0.15, -0.1) is 0 Å². The van der Waals surface area contributed by atoms with Crippen molar-refractivity contribution in [1.29, 1.82) is 0 Å². The zero-order valence-corrected chi connectivity index (χ0v) is 9.86. The van der Waals surface area contributed by atoms with Crippen LogP contribution in [0.25, 0.3) is 0 Å². The Bertz CT molecular complexity index is 405. The Hall–Kier alpha value is -1.32. The third-order valence-corrected chi connectivity index (χ3v) is 3.14. The minimum Gasteiger partial charge on any atom is -0.478 e. The molecule has 0 unspecified atom stereocenters. The Balaban J connectivity index is 2.39. The van der Waals surface area contributed by atoms with Crippen LogP contribution < -0.4 is 0 Å². The average Bonchev–Trinajstić information content (AvgIpc) is 2.97. The number of carboxylic acids is 1. The zero-order valence-electron chi connectivity index (χ0n) is 9.86. The Morgan fingerprint density at radius 1 is 1.44 bits per heavy atom. The van der Waals surface area contributed by atoms with E-state index in [-0.39, 0.29) is 0 Å². The number of rotatable bonds is 5. The average molecular weight is 222 g/mol. The van der Waals surface area contributed by atoms with E-state index in [1.807, 2.05) is 18.5 Å². The number of carbonyl (C=O) groups is 1. The molecule has 1 aromatic heterocycles. The van der Waals surface area contributed by atoms with Gasteiger partial charge in [-0.3, -0.25) is 4.68 Å². The molecule has 4 heteroatoms. The van der Waals surface area contributed by atoms with E-state index in [0.29, 0.717) is 12.0 Å². The van der Waals surface area contributed by atoms with Crippen LogP contribution in [0.2, 0.25) is 0 Å². The molecule has 88 valence electrons. The molecule has 1 heterocycles. The van der Waals surface area contributed by atoms with Crippen molar-refractivity contribution in [2.75, 3.05) is 0 Å². The summed E-state index contributed by atoms with van der Waals surface area (Å²) in [6.07, 6.45) is 3.94. The third-order valence-electron chi connectivity index (χ3n) is 3.14. The highest BCUT2D eigenvalue weighted by molar-refractivity contribution is 5.90. The summed E-state index contributed by atoms with van der Waals surface area (Å²) in [5.41, 5.74) is 2.05. The minimum absolute atomic E-state index is 0.436. The lowest BCUT2D eigenvalue weighted by atomic mass is 10.1. The third kappa shape index (κ3) is 1.96. The van der Waals surface area contributed by atoms with Crippen LogP contribution in [0, 0.1) is 5.92 Å². The molecule has 1 aliphatic carbocycles. The minimum atomic E-state index is -0.837. The summed E-state index contributed by atoms with van der Waals surface area (Å²) >= 11 is 0. The molecule has 1 aromatic rings. The predicted molar refractivity (Wildman–Crippen MR) is 60.7 cm³/mol. The monoisotopic (exact) mass is 222 g/mol. The molecule has 4 nitrogen and oxygen atoms in total. The predicted octanol–water partition coefficient (Wildman–Crippen LogP) is 2.12. The van der Waals surface area contributed by atoms with Crippen molar-refractivity contribution >= 4 is 5.97 Å². The van der Waals surface area contributed by atoms with E-state index in [2.05, 4.69) is 5.10 Å². The van der Waals surface area contributed by atoms with Crippen LogP contribution in [0.1, 0.15) is 48.4 Å². The van der Waals surface area contributed by atoms with E-state index >= 15 is 0 Å². The molecule has 16 heavy (non-hydrogen) atoms. The van der Waals surface area contributed by atoms with Crippen molar-refractivity contribution in [1.82, 2.24) is 9.78 Å². The Morgan fingerprint density at radius 2 is 2.12 bits per heavy atom. The summed E-state index contributed by atoms with van der Waals surface area (Å²) in [6, 6.07) is 0. The largest absolute Gasteiger partial charge is 0.478 e. The highest BCUT2D eigenvalue weighted by Gasteiger charge is 2.26. The van der Waals surface area contributed by atoms with Gasteiger partial charge in [-0.05, 0) is 31.6 Å². The van der Waals surface area contributed by atoms with Crippen LogP contribution >= 0.6 is 0 Å². The van der Waals surface area contributed by atoms with Gasteiger partial charge in [-0.2, -0.15) is 5.10 Å². The van der Waals surface area contributed by atoms with Gasteiger partial charge < -0.3 is 5.11 Å². The number of aromatic carboxylic acids is 1. The second-order valence-electron chi connectivity index (χ2n) is 4.41. The van der Waals surface area contributed by atoms with Crippen LogP contribution in [-0.4, -0.2) is 20.9 Å². The lowest BCUT2D eigenvalue weighted by molar-refractivity contribution is 0.0694. The highest BCUT2D eigenvalue weighted by atomic mass is 16.4. The molecule has 0 atom stereocenters. The van der Waals surface area contributed by atoms with Gasteiger partial charge in [0.25, 0.3) is 0 Å². The number of aryl methyl sites for hydroxylation is 1. The summed E-state index contributed by atoms with van der Waals surface area (Å²) in [6.45, 7) is 4.84. The Kier molecular flexibility index (Phi) is 2.99. The molecule has 0 amide bonds. The summed E-state index contributed by atoms with van der Waals surface area (Å²) in [4.78, 5) is 11.2. The van der Waals surface area contributed by atoms with Crippen LogP contribution in [0.4, 0.5) is 0 Å². The van der Waals surface area contributed by atoms with E-state index in [1.54, 1.807) is 0 Å². The second-order valence-corrected chi connectivity index (χ2v) is 4.41. The van der Waals surface area contributed by atoms with Crippen molar-refractivity contribution in [3.63, 3.8) is 0 Å². The molecule has 1 aliphatic rings. The maximum absolute atomic E-state index is 11.2. The zero-order chi connectivity index (χ0) is 11.7. The molecule has 1 N–H and O–H groups in total. The van der Waals surface area contributed by atoms with E-state index in [1.165, 1.54) is 12.8 Å². The molecule has 0 aromatic carbocycles. The summed E-state index contributed by atoms with van der Waals surface area (Å²) in [5.74, 6) is -0.118. The quantitative estimate of drug-likeness (QED) is 0.830. The molecule has 0 aliphatic heterocycles. The van der Waals surface area contributed by atoms with Crippen molar-refractivity contribution in [3.8, 4) is 0 Å². The topological polar surface area (TPSA) is 55.1 Å². The van der Waals surface area contributed by atoms with Gasteiger partial charge in [-0.25, -0.2) is 4.79 Å². The van der Waals surface area contributed by atoms with Crippen molar-refractivity contribution < 1.29 is 9.90 Å². The fourth-order valence-corrected chi connectivity index (χ4v) is 2.10. The SMILES string of the molecule is CCc1nn(CC2CC2)c(CC)c1C(=O)O. The molecule has 2 rings (SSSR count). The second kappa shape index (κ2) is 4.28. The van der Waals surface area contributed by atoms with E-state index in [0.717, 1.165) is 30.3 Å². The normalized spacial score (nSPS) is 15.4. The standard InChI is InChI=1S/C12H18N2O2/c1-3-9-11(12(15)16)10(4-2)14(13-9)7-8-5-6-8/h8H,3-7H2,1-2H3,(H,15,16). The molecule has 1 fully saturated rings. The van der Waals surface area contributed by atoms with Crippen molar-refractivity contribution in [2.45, 2.75) is 46.1 Å². The van der Waals surface area contributed by atoms with Gasteiger partial charge in [0.05, 0.1) is 11.4 Å². The van der Waals surface area contributed by atoms with Crippen molar-refractivity contribution in [3.05, 3.63) is 17.0 Å². The Labute approximate surface area is 95.3 Å². The van der Waals surface area contributed by atoms with E-state index in [9.17, 15) is 9.90 Å². The summed E-state index contributed by atoms with van der Waals surface area (Å²) in [5, 5.41) is 13.7. The smallest absolute Gasteiger partial charge is 0.339 e. The summed E-state index contributed by atoms with van der Waals surface area (Å²) in [7, 11) is 0. The maximum atomic E-state index is 11.2. The van der Waals surface area contributed by atoms with Crippen LogP contribution in [0.3, 0.4) is 0 Å². The number of hydrogen-bond acceptors (Lipinski definition) is 2. The number of hydrogen-bond donors (Lipinski definition) is 1. The van der Waals surface area contributed by atoms with Crippen LogP contribution in [-0.2, 0) is 19.4 Å². The van der Waals surface area contributed by atoms with Gasteiger partial charge in [0.15, 0.2) is 0 Å². The first-order chi connectivity index (χ1) is 7.67. The maximum Gasteiger partial charge on any atom is 0.339 e. The first-order valence-corrected chi connectivity index (χ1v) is 5.99. The van der Waals surface area contributed by atoms with Crippen LogP contribution in [0.5, 0.6) is 0 Å². The van der Waals surface area contributed by atoms with Crippen molar-refractivity contribution in [2.24, 2.45) is 5.92 Å². The van der Waals surface area contributed by atoms with E-state index < -0.39 is 5.97 Å². The lowest BCUT2D eigenvalue weighted by Gasteiger charge is -2.04. The number of nitrogens with zero attached hydrogens (tertiary/aromatic N) is 2. The number of aromatic nitrogens is 2. The Morgan fingerprint density at radius 3 is 2.56 bits per heavy atom. The molecule has 0 radical (unpaired) electrons. The molecule has 0 bridgehead atoms. The highest BCUT2D eigenvalue weighted by Crippen LogP contribution is 2.31. The van der Waals surface area contributed by atoms with Gasteiger partial charge in [0, 0.05) is 6.54 Å². The van der Waals surface area contributed by atoms with E-state index in [4.69, 9.17) is 0 Å².